The Morgan fingerprint density at radius 1 is 0.920 bits per heavy atom. The van der Waals surface area contributed by atoms with E-state index < -0.39 is 0 Å². The lowest BCUT2D eigenvalue weighted by molar-refractivity contribution is -0.115. The molecule has 0 bridgehead atoms. The van der Waals surface area contributed by atoms with Crippen molar-refractivity contribution in [3.63, 3.8) is 0 Å². The number of amides is 1. The second kappa shape index (κ2) is 7.78. The Bertz CT molecular complexity index is 779. The van der Waals surface area contributed by atoms with Gasteiger partial charge in [0.1, 0.15) is 0 Å². The maximum absolute atomic E-state index is 12.4. The second-order valence-corrected chi connectivity index (χ2v) is 6.48. The number of methoxy groups -OCH3 is 3. The van der Waals surface area contributed by atoms with Gasteiger partial charge >= 0.3 is 0 Å². The van der Waals surface area contributed by atoms with Crippen LogP contribution < -0.4 is 19.1 Å². The summed E-state index contributed by atoms with van der Waals surface area (Å²) in [5, 5.41) is 0. The zero-order valence-corrected chi connectivity index (χ0v) is 16.9. The van der Waals surface area contributed by atoms with Gasteiger partial charge in [-0.15, -0.1) is 0 Å². The van der Waals surface area contributed by atoms with Gasteiger partial charge in [-0.1, -0.05) is 15.9 Å². The lowest BCUT2D eigenvalue weighted by atomic mass is 10.1. The molecular weight excluding hydrogens is 386 g/mol. The molecule has 0 saturated heterocycles. The maximum Gasteiger partial charge on any atom is 0.228 e. The van der Waals surface area contributed by atoms with Crippen LogP contribution in [0.5, 0.6) is 17.2 Å². The third-order valence-electron chi connectivity index (χ3n) is 3.94. The van der Waals surface area contributed by atoms with Gasteiger partial charge in [0.05, 0.1) is 32.7 Å². The number of nitrogens with zero attached hydrogens (tertiary/aromatic N) is 1. The summed E-state index contributed by atoms with van der Waals surface area (Å²) in [7, 11) is 4.65. The molecule has 0 aromatic heterocycles. The van der Waals surface area contributed by atoms with E-state index in [1.54, 1.807) is 38.4 Å². The van der Waals surface area contributed by atoms with E-state index in [9.17, 15) is 4.79 Å². The molecule has 6 heteroatoms. The van der Waals surface area contributed by atoms with Crippen LogP contribution in [0.2, 0.25) is 0 Å². The molecule has 5 nitrogen and oxygen atoms in total. The lowest BCUT2D eigenvalue weighted by Crippen LogP contribution is -2.24. The molecule has 0 aliphatic heterocycles. The molecule has 2 aromatic rings. The van der Waals surface area contributed by atoms with Crippen LogP contribution in [-0.2, 0) is 4.79 Å². The predicted molar refractivity (Wildman–Crippen MR) is 103 cm³/mol. The molecule has 2 aromatic carbocycles. The maximum atomic E-state index is 12.4. The number of ether oxygens (including phenoxy) is 3. The molecule has 0 N–H and O–H groups in total. The monoisotopic (exact) mass is 407 g/mol. The summed E-state index contributed by atoms with van der Waals surface area (Å²) in [6, 6.07) is 7.50. The average Bonchev–Trinajstić information content (AvgIpc) is 2.58. The van der Waals surface area contributed by atoms with Crippen molar-refractivity contribution in [2.75, 3.05) is 26.2 Å². The molecule has 1 amide bonds. The van der Waals surface area contributed by atoms with Gasteiger partial charge in [0.25, 0.3) is 0 Å². The predicted octanol–water partition coefficient (Wildman–Crippen LogP) is 4.78. The van der Waals surface area contributed by atoms with E-state index in [1.807, 2.05) is 26.0 Å². The van der Waals surface area contributed by atoms with Gasteiger partial charge in [0, 0.05) is 23.5 Å². The van der Waals surface area contributed by atoms with Crippen LogP contribution in [0.15, 0.2) is 28.7 Å². The number of carbonyl (C=O) groups excluding carboxylic acids is 1. The highest BCUT2D eigenvalue weighted by Gasteiger charge is 2.22. The average molecular weight is 408 g/mol. The fourth-order valence-corrected chi connectivity index (χ4v) is 3.15. The van der Waals surface area contributed by atoms with Crippen molar-refractivity contribution < 1.29 is 19.0 Å². The first-order valence-corrected chi connectivity index (χ1v) is 8.50. The Balaban J connectivity index is 2.70. The molecule has 0 fully saturated rings. The minimum Gasteiger partial charge on any atom is -0.493 e. The van der Waals surface area contributed by atoms with Gasteiger partial charge in [0.15, 0.2) is 11.5 Å². The first-order valence-electron chi connectivity index (χ1n) is 7.71. The quantitative estimate of drug-likeness (QED) is 0.715. The van der Waals surface area contributed by atoms with E-state index >= 15 is 0 Å². The number of halogens is 1. The number of benzene rings is 2. The van der Waals surface area contributed by atoms with Gasteiger partial charge in [-0.05, 0) is 37.1 Å². The van der Waals surface area contributed by atoms with Crippen LogP contribution in [0.3, 0.4) is 0 Å². The molecule has 134 valence electrons. The van der Waals surface area contributed by atoms with Crippen molar-refractivity contribution in [1.82, 2.24) is 0 Å². The molecule has 0 spiro atoms. The van der Waals surface area contributed by atoms with E-state index in [0.29, 0.717) is 22.9 Å². The second-order valence-electron chi connectivity index (χ2n) is 5.63. The highest BCUT2D eigenvalue weighted by atomic mass is 79.9. The number of rotatable bonds is 5. The third-order valence-corrected chi connectivity index (χ3v) is 4.80. The highest BCUT2D eigenvalue weighted by molar-refractivity contribution is 9.10. The Kier molecular flexibility index (Phi) is 5.95. The fraction of sp³-hybridized carbons (Fsp3) is 0.316. The molecule has 2 rings (SSSR count). The molecular formula is C19H22BrNO4. The molecule has 25 heavy (non-hydrogen) atoms. The number of hydrogen-bond donors (Lipinski definition) is 0. The summed E-state index contributed by atoms with van der Waals surface area (Å²) in [5.74, 6) is 1.37. The molecule has 0 unspecified atom stereocenters. The van der Waals surface area contributed by atoms with E-state index in [4.69, 9.17) is 14.2 Å². The SMILES string of the molecule is COc1cc(N(C(C)=O)c2cc(C)c(Br)cc2C)cc(OC)c1OC. The summed E-state index contributed by atoms with van der Waals surface area (Å²) in [6.07, 6.45) is 0. The van der Waals surface area contributed by atoms with E-state index in [-0.39, 0.29) is 5.91 Å². The first-order chi connectivity index (χ1) is 11.8. The van der Waals surface area contributed by atoms with Gasteiger partial charge in [-0.2, -0.15) is 0 Å². The normalized spacial score (nSPS) is 10.4. The minimum atomic E-state index is -0.112. The third kappa shape index (κ3) is 3.74. The van der Waals surface area contributed by atoms with Crippen LogP contribution in [-0.4, -0.2) is 27.2 Å². The van der Waals surface area contributed by atoms with Gasteiger partial charge in [-0.25, -0.2) is 0 Å². The number of anilines is 2. The van der Waals surface area contributed by atoms with Crippen molar-refractivity contribution in [2.24, 2.45) is 0 Å². The topological polar surface area (TPSA) is 48.0 Å². The molecule has 0 radical (unpaired) electrons. The minimum absolute atomic E-state index is 0.112. The number of carbonyl (C=O) groups is 1. The Hall–Kier alpha value is -2.21. The molecule has 0 aliphatic rings. The van der Waals surface area contributed by atoms with Gasteiger partial charge in [-0.3, -0.25) is 9.69 Å². The fourth-order valence-electron chi connectivity index (χ4n) is 2.69. The molecule has 0 atom stereocenters. The standard InChI is InChI=1S/C19H22BrNO4/c1-11-8-16(12(2)7-15(11)20)21(13(3)22)14-9-17(23-4)19(25-6)18(10-14)24-5/h7-10H,1-6H3. The van der Waals surface area contributed by atoms with E-state index in [0.717, 1.165) is 21.3 Å². The highest BCUT2D eigenvalue weighted by Crippen LogP contribution is 2.43. The summed E-state index contributed by atoms with van der Waals surface area (Å²) in [5.41, 5.74) is 3.47. The van der Waals surface area contributed by atoms with Crippen LogP contribution in [0.4, 0.5) is 11.4 Å². The van der Waals surface area contributed by atoms with Gasteiger partial charge < -0.3 is 14.2 Å². The summed E-state index contributed by atoms with van der Waals surface area (Å²) in [6.45, 7) is 5.48. The molecule has 0 heterocycles. The zero-order chi connectivity index (χ0) is 18.7. The molecule has 0 saturated carbocycles. The van der Waals surface area contributed by atoms with Crippen LogP contribution >= 0.6 is 15.9 Å². The van der Waals surface area contributed by atoms with Crippen LogP contribution in [0.1, 0.15) is 18.1 Å². The van der Waals surface area contributed by atoms with Crippen molar-refractivity contribution in [1.29, 1.82) is 0 Å². The van der Waals surface area contributed by atoms with Gasteiger partial charge in [0.2, 0.25) is 11.7 Å². The molecule has 0 aliphatic carbocycles. The van der Waals surface area contributed by atoms with E-state index in [2.05, 4.69) is 15.9 Å². The van der Waals surface area contributed by atoms with Crippen LogP contribution in [0.25, 0.3) is 0 Å². The zero-order valence-electron chi connectivity index (χ0n) is 15.3. The smallest absolute Gasteiger partial charge is 0.228 e. The number of hydrogen-bond acceptors (Lipinski definition) is 4. The van der Waals surface area contributed by atoms with Crippen molar-refractivity contribution in [3.05, 3.63) is 39.9 Å². The summed E-state index contributed by atoms with van der Waals surface area (Å²) >= 11 is 3.53. The van der Waals surface area contributed by atoms with E-state index in [1.165, 1.54) is 6.92 Å². The first kappa shape index (κ1) is 19.1. The number of aryl methyl sites for hydroxylation is 2. The van der Waals surface area contributed by atoms with Crippen molar-refractivity contribution >= 4 is 33.2 Å². The van der Waals surface area contributed by atoms with Crippen molar-refractivity contribution in [2.45, 2.75) is 20.8 Å². The van der Waals surface area contributed by atoms with Crippen LogP contribution in [0, 0.1) is 13.8 Å². The summed E-state index contributed by atoms with van der Waals surface area (Å²) < 4.78 is 17.2. The Morgan fingerprint density at radius 2 is 1.48 bits per heavy atom. The Morgan fingerprint density at radius 3 is 1.92 bits per heavy atom. The van der Waals surface area contributed by atoms with Crippen molar-refractivity contribution in [3.8, 4) is 17.2 Å². The summed E-state index contributed by atoms with van der Waals surface area (Å²) in [4.78, 5) is 14.1. The Labute approximate surface area is 156 Å². The largest absolute Gasteiger partial charge is 0.493 e. The lowest BCUT2D eigenvalue weighted by Gasteiger charge is -2.25.